The van der Waals surface area contributed by atoms with Crippen LogP contribution in [0.4, 0.5) is 0 Å². The topological polar surface area (TPSA) is 140 Å². The van der Waals surface area contributed by atoms with Crippen molar-refractivity contribution in [1.82, 2.24) is 20.6 Å². The standard InChI is InChI=1S/C40H48N4O6/c1-5-6-7-8-9-22-49-34-18-14-30(15-19-34)33-24-41-37(42-25-33)31-12-10-29(11-13-31)23-36(39(46)43-28(4)40(47)48)44-38(45)32-16-20-35(21-17-32)50-26-27(2)3/h10-21,24-25,27-28,36H,5-9,22-23,26H2,1-4H3,(H,43,46)(H,44,45)(H,47,48). The Kier molecular flexibility index (Phi) is 14.3. The summed E-state index contributed by atoms with van der Waals surface area (Å²) in [6.07, 6.45) is 9.69. The van der Waals surface area contributed by atoms with Crippen molar-refractivity contribution >= 4 is 17.8 Å². The van der Waals surface area contributed by atoms with Gasteiger partial charge in [0.1, 0.15) is 23.6 Å². The zero-order valence-corrected chi connectivity index (χ0v) is 29.4. The molecule has 2 unspecified atom stereocenters. The molecule has 0 saturated carbocycles. The second kappa shape index (κ2) is 19.1. The van der Waals surface area contributed by atoms with E-state index in [0.29, 0.717) is 29.7 Å². The lowest BCUT2D eigenvalue weighted by Crippen LogP contribution is -2.51. The maximum atomic E-state index is 13.1. The lowest BCUT2D eigenvalue weighted by atomic mass is 10.0. The number of carbonyl (C=O) groups is 3. The van der Waals surface area contributed by atoms with E-state index in [0.717, 1.165) is 41.0 Å². The van der Waals surface area contributed by atoms with Crippen molar-refractivity contribution in [2.24, 2.45) is 5.92 Å². The van der Waals surface area contributed by atoms with Crippen LogP contribution in [0.5, 0.6) is 11.5 Å². The van der Waals surface area contributed by atoms with Crippen molar-refractivity contribution in [3.8, 4) is 34.0 Å². The minimum atomic E-state index is -1.18. The van der Waals surface area contributed by atoms with Crippen LogP contribution < -0.4 is 20.1 Å². The highest BCUT2D eigenvalue weighted by atomic mass is 16.5. The minimum absolute atomic E-state index is 0.137. The Bertz CT molecular complexity index is 1660. The van der Waals surface area contributed by atoms with E-state index in [2.05, 4.69) is 27.5 Å². The van der Waals surface area contributed by atoms with E-state index in [1.807, 2.05) is 62.4 Å². The Hall–Kier alpha value is -5.25. The molecule has 4 aromatic rings. The first kappa shape index (κ1) is 37.6. The number of rotatable bonds is 19. The first-order valence-corrected chi connectivity index (χ1v) is 17.3. The van der Waals surface area contributed by atoms with Crippen LogP contribution in [0.1, 0.15) is 75.7 Å². The van der Waals surface area contributed by atoms with Crippen LogP contribution in [0.15, 0.2) is 85.2 Å². The molecule has 50 heavy (non-hydrogen) atoms. The molecular weight excluding hydrogens is 632 g/mol. The molecule has 0 aliphatic heterocycles. The average molecular weight is 681 g/mol. The van der Waals surface area contributed by atoms with E-state index in [4.69, 9.17) is 9.47 Å². The monoisotopic (exact) mass is 680 g/mol. The van der Waals surface area contributed by atoms with E-state index in [-0.39, 0.29) is 6.42 Å². The van der Waals surface area contributed by atoms with Crippen LogP contribution in [0.2, 0.25) is 0 Å². The van der Waals surface area contributed by atoms with Crippen molar-refractivity contribution in [3.05, 3.63) is 96.3 Å². The predicted molar refractivity (Wildman–Crippen MR) is 194 cm³/mol. The SMILES string of the molecule is CCCCCCCOc1ccc(-c2cnc(-c3ccc(CC(NC(=O)c4ccc(OCC(C)C)cc4)C(=O)NC(C)C(=O)O)cc3)nc2)cc1. The zero-order valence-electron chi connectivity index (χ0n) is 29.4. The van der Waals surface area contributed by atoms with Crippen LogP contribution in [-0.2, 0) is 16.0 Å². The van der Waals surface area contributed by atoms with Crippen molar-refractivity contribution in [2.75, 3.05) is 13.2 Å². The zero-order chi connectivity index (χ0) is 35.9. The van der Waals surface area contributed by atoms with Crippen LogP contribution in [-0.4, -0.2) is 58.2 Å². The number of amides is 2. The predicted octanol–water partition coefficient (Wildman–Crippen LogP) is 7.13. The number of aliphatic carboxylic acids is 1. The third kappa shape index (κ3) is 11.7. The van der Waals surface area contributed by atoms with Crippen LogP contribution in [0.3, 0.4) is 0 Å². The molecule has 0 spiro atoms. The Morgan fingerprint density at radius 3 is 1.94 bits per heavy atom. The third-order valence-electron chi connectivity index (χ3n) is 8.06. The summed E-state index contributed by atoms with van der Waals surface area (Å²) in [4.78, 5) is 46.8. The molecular formula is C40H48N4O6. The highest BCUT2D eigenvalue weighted by Gasteiger charge is 2.25. The number of hydrogen-bond donors (Lipinski definition) is 3. The molecule has 0 aliphatic rings. The summed E-state index contributed by atoms with van der Waals surface area (Å²) in [5.41, 5.74) is 3.76. The number of nitrogens with zero attached hydrogens (tertiary/aromatic N) is 2. The van der Waals surface area contributed by atoms with Gasteiger partial charge in [0.2, 0.25) is 5.91 Å². The van der Waals surface area contributed by atoms with Crippen LogP contribution in [0.25, 0.3) is 22.5 Å². The van der Waals surface area contributed by atoms with E-state index >= 15 is 0 Å². The van der Waals surface area contributed by atoms with Gasteiger partial charge >= 0.3 is 5.97 Å². The van der Waals surface area contributed by atoms with Crippen molar-refractivity contribution in [2.45, 2.75) is 78.3 Å². The van der Waals surface area contributed by atoms with Crippen molar-refractivity contribution < 1.29 is 29.0 Å². The van der Waals surface area contributed by atoms with Gasteiger partial charge in [-0.25, -0.2) is 9.97 Å². The first-order valence-electron chi connectivity index (χ1n) is 17.3. The fourth-order valence-electron chi connectivity index (χ4n) is 5.08. The van der Waals surface area contributed by atoms with Gasteiger partial charge in [-0.3, -0.25) is 14.4 Å². The summed E-state index contributed by atoms with van der Waals surface area (Å²) < 4.78 is 11.6. The van der Waals surface area contributed by atoms with E-state index in [1.165, 1.54) is 32.6 Å². The summed E-state index contributed by atoms with van der Waals surface area (Å²) in [6.45, 7) is 8.94. The summed E-state index contributed by atoms with van der Waals surface area (Å²) >= 11 is 0. The molecule has 0 radical (unpaired) electrons. The molecule has 10 nitrogen and oxygen atoms in total. The first-order chi connectivity index (χ1) is 24.1. The Morgan fingerprint density at radius 1 is 0.720 bits per heavy atom. The van der Waals surface area contributed by atoms with Crippen molar-refractivity contribution in [3.63, 3.8) is 0 Å². The molecule has 0 fully saturated rings. The normalized spacial score (nSPS) is 12.2. The molecule has 3 N–H and O–H groups in total. The number of ether oxygens (including phenoxy) is 2. The number of nitrogens with one attached hydrogen (secondary N) is 2. The van der Waals surface area contributed by atoms with Gasteiger partial charge in [0, 0.05) is 35.5 Å². The molecule has 10 heteroatoms. The lowest BCUT2D eigenvalue weighted by Gasteiger charge is -2.20. The van der Waals surface area contributed by atoms with Gasteiger partial charge in [-0.2, -0.15) is 0 Å². The van der Waals surface area contributed by atoms with Gasteiger partial charge in [-0.1, -0.05) is 82.9 Å². The van der Waals surface area contributed by atoms with Crippen molar-refractivity contribution in [1.29, 1.82) is 0 Å². The van der Waals surface area contributed by atoms with Crippen LogP contribution in [0, 0.1) is 5.92 Å². The maximum absolute atomic E-state index is 13.1. The molecule has 4 rings (SSSR count). The number of carbonyl (C=O) groups excluding carboxylic acids is 2. The van der Waals surface area contributed by atoms with Gasteiger partial charge in [0.25, 0.3) is 5.91 Å². The van der Waals surface area contributed by atoms with E-state index < -0.39 is 29.9 Å². The van der Waals surface area contributed by atoms with Gasteiger partial charge in [0.15, 0.2) is 5.82 Å². The third-order valence-corrected chi connectivity index (χ3v) is 8.06. The lowest BCUT2D eigenvalue weighted by molar-refractivity contribution is -0.141. The van der Waals surface area contributed by atoms with Gasteiger partial charge in [-0.05, 0) is 66.8 Å². The Morgan fingerprint density at radius 2 is 1.32 bits per heavy atom. The number of carboxylic acids is 1. The molecule has 0 bridgehead atoms. The average Bonchev–Trinajstić information content (AvgIpc) is 3.12. The Labute approximate surface area is 294 Å². The molecule has 1 heterocycles. The molecule has 2 amide bonds. The summed E-state index contributed by atoms with van der Waals surface area (Å²) in [7, 11) is 0. The van der Waals surface area contributed by atoms with E-state index in [9.17, 15) is 19.5 Å². The number of aromatic nitrogens is 2. The highest BCUT2D eigenvalue weighted by molar-refractivity contribution is 5.98. The molecule has 2 atom stereocenters. The number of benzene rings is 3. The maximum Gasteiger partial charge on any atom is 0.325 e. The smallest absolute Gasteiger partial charge is 0.325 e. The van der Waals surface area contributed by atoms with Gasteiger partial charge in [0.05, 0.1) is 13.2 Å². The van der Waals surface area contributed by atoms with E-state index in [1.54, 1.807) is 36.7 Å². The summed E-state index contributed by atoms with van der Waals surface area (Å²) in [5.74, 6) is 0.146. The highest BCUT2D eigenvalue weighted by Crippen LogP contribution is 2.24. The van der Waals surface area contributed by atoms with Crippen LogP contribution >= 0.6 is 0 Å². The molecule has 1 aromatic heterocycles. The molecule has 0 saturated heterocycles. The molecule has 0 aliphatic carbocycles. The largest absolute Gasteiger partial charge is 0.494 e. The number of carboxylic acid groups (broad SMARTS) is 1. The Balaban J connectivity index is 1.38. The summed E-state index contributed by atoms with van der Waals surface area (Å²) in [6, 6.07) is 19.8. The quantitative estimate of drug-likeness (QED) is 0.0890. The minimum Gasteiger partial charge on any atom is -0.494 e. The second-order valence-electron chi connectivity index (χ2n) is 12.8. The number of hydrogen-bond acceptors (Lipinski definition) is 7. The second-order valence-corrected chi connectivity index (χ2v) is 12.8. The molecule has 264 valence electrons. The number of unbranched alkanes of at least 4 members (excludes halogenated alkanes) is 4. The van der Waals surface area contributed by atoms with Gasteiger partial charge < -0.3 is 25.2 Å². The fourth-order valence-corrected chi connectivity index (χ4v) is 5.08. The summed E-state index contributed by atoms with van der Waals surface area (Å²) in [5, 5.41) is 14.6. The fraction of sp³-hybridized carbons (Fsp3) is 0.375. The molecule has 3 aromatic carbocycles. The van der Waals surface area contributed by atoms with Gasteiger partial charge in [-0.15, -0.1) is 0 Å².